The Balaban J connectivity index is 1.98. The normalized spacial score (nSPS) is 12.3. The number of rotatable bonds is 5. The van der Waals surface area contributed by atoms with Gasteiger partial charge in [0.25, 0.3) is 0 Å². The van der Waals surface area contributed by atoms with E-state index in [9.17, 15) is 4.79 Å². The summed E-state index contributed by atoms with van der Waals surface area (Å²) in [7, 11) is 0. The Kier molecular flexibility index (Phi) is 4.29. The van der Waals surface area contributed by atoms with E-state index in [-0.39, 0.29) is 6.04 Å². The maximum Gasteiger partial charge on any atom is 0.248 e. The predicted octanol–water partition coefficient (Wildman–Crippen LogP) is 2.40. The van der Waals surface area contributed by atoms with Crippen molar-refractivity contribution in [3.63, 3.8) is 0 Å². The summed E-state index contributed by atoms with van der Waals surface area (Å²) in [4.78, 5) is 16.7. The van der Waals surface area contributed by atoms with Gasteiger partial charge >= 0.3 is 0 Å². The van der Waals surface area contributed by atoms with Crippen LogP contribution in [0.3, 0.4) is 0 Å². The minimum Gasteiger partial charge on any atom is -0.366 e. The number of nitrogens with one attached hydrogen (secondary N) is 1. The van der Waals surface area contributed by atoms with Gasteiger partial charge in [0, 0.05) is 23.2 Å². The lowest BCUT2D eigenvalue weighted by Gasteiger charge is -2.11. The molecule has 0 spiro atoms. The number of benzene rings is 1. The number of nitrogens with two attached hydrogens (primary N) is 1. The second kappa shape index (κ2) is 5.95. The molecule has 1 unspecified atom stereocenters. The first kappa shape index (κ1) is 13.7. The molecule has 0 saturated carbocycles. The number of carbonyl (C=O) groups is 1. The summed E-state index contributed by atoms with van der Waals surface area (Å²) in [5.74, 6) is -0.398. The Morgan fingerprint density at radius 1 is 1.53 bits per heavy atom. The lowest BCUT2D eigenvalue weighted by molar-refractivity contribution is 0.1000. The van der Waals surface area contributed by atoms with Crippen LogP contribution in [-0.4, -0.2) is 10.9 Å². The fraction of sp³-hybridized carbons (Fsp3) is 0.286. The molecule has 4 nitrogen and oxygen atoms in total. The van der Waals surface area contributed by atoms with Crippen molar-refractivity contribution in [2.24, 2.45) is 5.73 Å². The summed E-state index contributed by atoms with van der Waals surface area (Å²) in [5.41, 5.74) is 6.84. The molecule has 100 valence electrons. The standard InChI is InChI=1S/C14H17N3OS/c1-9-7-17-14(19-9)10(2)16-8-11-4-3-5-12(6-11)13(15)18/h3-7,10,16H,8H2,1-2H3,(H2,15,18). The van der Waals surface area contributed by atoms with Gasteiger partial charge in [-0.1, -0.05) is 12.1 Å². The van der Waals surface area contributed by atoms with Crippen LogP contribution < -0.4 is 11.1 Å². The molecular formula is C14H17N3OS. The van der Waals surface area contributed by atoms with Crippen LogP contribution in [0.1, 0.15) is 38.8 Å². The highest BCUT2D eigenvalue weighted by Gasteiger charge is 2.09. The molecule has 1 aromatic carbocycles. The average molecular weight is 275 g/mol. The minimum absolute atomic E-state index is 0.191. The first-order valence-electron chi connectivity index (χ1n) is 6.10. The van der Waals surface area contributed by atoms with Crippen LogP contribution in [0, 0.1) is 6.92 Å². The molecule has 0 radical (unpaired) electrons. The smallest absolute Gasteiger partial charge is 0.248 e. The number of primary amides is 1. The predicted molar refractivity (Wildman–Crippen MR) is 77.1 cm³/mol. The molecule has 5 heteroatoms. The zero-order valence-corrected chi connectivity index (χ0v) is 11.8. The van der Waals surface area contributed by atoms with Gasteiger partial charge in [0.1, 0.15) is 5.01 Å². The van der Waals surface area contributed by atoms with Crippen molar-refractivity contribution in [3.05, 3.63) is 51.5 Å². The number of aromatic nitrogens is 1. The van der Waals surface area contributed by atoms with Gasteiger partial charge in [-0.2, -0.15) is 0 Å². The van der Waals surface area contributed by atoms with Crippen molar-refractivity contribution >= 4 is 17.2 Å². The van der Waals surface area contributed by atoms with Gasteiger partial charge in [-0.05, 0) is 31.5 Å². The molecule has 0 aliphatic rings. The second-order valence-corrected chi connectivity index (χ2v) is 5.74. The van der Waals surface area contributed by atoms with E-state index < -0.39 is 5.91 Å². The van der Waals surface area contributed by atoms with Gasteiger partial charge < -0.3 is 11.1 Å². The summed E-state index contributed by atoms with van der Waals surface area (Å²) in [6.07, 6.45) is 1.88. The van der Waals surface area contributed by atoms with Crippen LogP contribution in [0.2, 0.25) is 0 Å². The number of carbonyl (C=O) groups excluding carboxylic acids is 1. The van der Waals surface area contributed by atoms with E-state index in [1.165, 1.54) is 4.88 Å². The van der Waals surface area contributed by atoms with Crippen molar-refractivity contribution in [3.8, 4) is 0 Å². The largest absolute Gasteiger partial charge is 0.366 e. The maximum atomic E-state index is 11.1. The molecule has 2 aromatic rings. The molecule has 0 aliphatic carbocycles. The van der Waals surface area contributed by atoms with Crippen LogP contribution in [0.15, 0.2) is 30.5 Å². The third kappa shape index (κ3) is 3.62. The number of hydrogen-bond acceptors (Lipinski definition) is 4. The zero-order valence-electron chi connectivity index (χ0n) is 11.0. The summed E-state index contributed by atoms with van der Waals surface area (Å²) in [5, 5.41) is 4.46. The zero-order chi connectivity index (χ0) is 13.8. The summed E-state index contributed by atoms with van der Waals surface area (Å²) in [6.45, 7) is 4.81. The van der Waals surface area contributed by atoms with Crippen LogP contribution in [0.5, 0.6) is 0 Å². The number of aryl methyl sites for hydroxylation is 1. The van der Waals surface area contributed by atoms with E-state index in [0.29, 0.717) is 12.1 Å². The molecule has 1 aromatic heterocycles. The van der Waals surface area contributed by atoms with Crippen molar-refractivity contribution < 1.29 is 4.79 Å². The number of hydrogen-bond donors (Lipinski definition) is 2. The molecule has 19 heavy (non-hydrogen) atoms. The minimum atomic E-state index is -0.398. The molecule has 0 fully saturated rings. The topological polar surface area (TPSA) is 68.0 Å². The van der Waals surface area contributed by atoms with Crippen LogP contribution in [0.25, 0.3) is 0 Å². The maximum absolute atomic E-state index is 11.1. The van der Waals surface area contributed by atoms with E-state index in [1.54, 1.807) is 17.4 Å². The highest BCUT2D eigenvalue weighted by Crippen LogP contribution is 2.19. The molecule has 0 bridgehead atoms. The Morgan fingerprint density at radius 3 is 2.95 bits per heavy atom. The Hall–Kier alpha value is -1.72. The SMILES string of the molecule is Cc1cnc(C(C)NCc2cccc(C(N)=O)c2)s1. The van der Waals surface area contributed by atoms with Gasteiger partial charge in [0.15, 0.2) is 0 Å². The van der Waals surface area contributed by atoms with Gasteiger partial charge in [0.05, 0.1) is 6.04 Å². The van der Waals surface area contributed by atoms with E-state index in [1.807, 2.05) is 31.3 Å². The monoisotopic (exact) mass is 275 g/mol. The van der Waals surface area contributed by atoms with Crippen molar-refractivity contribution in [1.29, 1.82) is 0 Å². The highest BCUT2D eigenvalue weighted by atomic mass is 32.1. The molecular weight excluding hydrogens is 258 g/mol. The molecule has 3 N–H and O–H groups in total. The van der Waals surface area contributed by atoms with Crippen molar-refractivity contribution in [2.75, 3.05) is 0 Å². The van der Waals surface area contributed by atoms with Gasteiger partial charge in [0.2, 0.25) is 5.91 Å². The van der Waals surface area contributed by atoms with Crippen LogP contribution in [-0.2, 0) is 6.54 Å². The Bertz CT molecular complexity index is 580. The average Bonchev–Trinajstić information content (AvgIpc) is 2.83. The summed E-state index contributed by atoms with van der Waals surface area (Å²) in [6, 6.07) is 7.54. The Morgan fingerprint density at radius 2 is 2.32 bits per heavy atom. The van der Waals surface area contributed by atoms with E-state index in [0.717, 1.165) is 10.6 Å². The van der Waals surface area contributed by atoms with E-state index >= 15 is 0 Å². The fourth-order valence-electron chi connectivity index (χ4n) is 1.77. The quantitative estimate of drug-likeness (QED) is 0.880. The van der Waals surface area contributed by atoms with Gasteiger partial charge in [-0.15, -0.1) is 11.3 Å². The molecule has 0 saturated heterocycles. The van der Waals surface area contributed by atoms with Gasteiger partial charge in [-0.3, -0.25) is 4.79 Å². The number of nitrogens with zero attached hydrogens (tertiary/aromatic N) is 1. The lowest BCUT2D eigenvalue weighted by atomic mass is 10.1. The Labute approximate surface area is 116 Å². The van der Waals surface area contributed by atoms with Crippen molar-refractivity contribution in [2.45, 2.75) is 26.4 Å². The lowest BCUT2D eigenvalue weighted by Crippen LogP contribution is -2.18. The molecule has 1 amide bonds. The number of amides is 1. The first-order chi connectivity index (χ1) is 9.06. The van der Waals surface area contributed by atoms with Gasteiger partial charge in [-0.25, -0.2) is 4.98 Å². The molecule has 2 rings (SSSR count). The summed E-state index contributed by atoms with van der Waals surface area (Å²) < 4.78 is 0. The third-order valence-electron chi connectivity index (χ3n) is 2.83. The number of thiazole rings is 1. The van der Waals surface area contributed by atoms with E-state index in [2.05, 4.69) is 17.2 Å². The fourth-order valence-corrected chi connectivity index (χ4v) is 2.57. The van der Waals surface area contributed by atoms with Crippen LogP contribution >= 0.6 is 11.3 Å². The van der Waals surface area contributed by atoms with Crippen LogP contribution in [0.4, 0.5) is 0 Å². The van der Waals surface area contributed by atoms with Crippen molar-refractivity contribution in [1.82, 2.24) is 10.3 Å². The van der Waals surface area contributed by atoms with E-state index in [4.69, 9.17) is 5.73 Å². The highest BCUT2D eigenvalue weighted by molar-refractivity contribution is 7.11. The second-order valence-electron chi connectivity index (χ2n) is 4.48. The summed E-state index contributed by atoms with van der Waals surface area (Å²) >= 11 is 1.69. The molecule has 1 heterocycles. The third-order valence-corrected chi connectivity index (χ3v) is 3.93. The first-order valence-corrected chi connectivity index (χ1v) is 6.92. The molecule has 1 atom stereocenters. The molecule has 0 aliphatic heterocycles.